The van der Waals surface area contributed by atoms with Crippen molar-refractivity contribution in [2.45, 2.75) is 58.6 Å². The van der Waals surface area contributed by atoms with Gasteiger partial charge in [-0.05, 0) is 39.7 Å². The number of aromatic nitrogens is 2. The largest absolute Gasteiger partial charge is 0.393 e. The number of carbonyl (C=O) groups excluding carboxylic acids is 1. The first-order valence-electron chi connectivity index (χ1n) is 7.86. The highest BCUT2D eigenvalue weighted by molar-refractivity contribution is 5.79. The maximum atomic E-state index is 12.6. The second kappa shape index (κ2) is 6.60. The smallest absolute Gasteiger partial charge is 0.246 e. The zero-order valence-corrected chi connectivity index (χ0v) is 13.5. The third-order valence-corrected chi connectivity index (χ3v) is 4.52. The lowest BCUT2D eigenvalue weighted by Gasteiger charge is -2.32. The lowest BCUT2D eigenvalue weighted by molar-refractivity contribution is -0.134. The van der Waals surface area contributed by atoms with Gasteiger partial charge in [-0.1, -0.05) is 12.8 Å². The predicted molar refractivity (Wildman–Crippen MR) is 82.0 cm³/mol. The standard InChI is InChI=1S/C16H27N3O2/c1-11-9-12(2)19(17-11)13(3)16(21)18(4)10-14-7-5-6-8-15(14)20/h9,13-15,20H,5-8,10H2,1-4H3. The van der Waals surface area contributed by atoms with E-state index in [9.17, 15) is 9.90 Å². The van der Waals surface area contributed by atoms with Crippen molar-refractivity contribution in [1.29, 1.82) is 0 Å². The first kappa shape index (κ1) is 16.0. The number of hydrogen-bond acceptors (Lipinski definition) is 3. The molecule has 0 bridgehead atoms. The molecule has 0 spiro atoms. The molecular formula is C16H27N3O2. The minimum Gasteiger partial charge on any atom is -0.393 e. The Bertz CT molecular complexity index is 498. The summed E-state index contributed by atoms with van der Waals surface area (Å²) in [6.07, 6.45) is 3.85. The lowest BCUT2D eigenvalue weighted by atomic mass is 9.86. The summed E-state index contributed by atoms with van der Waals surface area (Å²) in [7, 11) is 1.83. The summed E-state index contributed by atoms with van der Waals surface area (Å²) in [5.41, 5.74) is 1.93. The Kier molecular flexibility index (Phi) is 5.04. The Hall–Kier alpha value is -1.36. The van der Waals surface area contributed by atoms with Gasteiger partial charge < -0.3 is 10.0 Å². The van der Waals surface area contributed by atoms with Crippen LogP contribution in [0, 0.1) is 19.8 Å². The zero-order chi connectivity index (χ0) is 15.6. The van der Waals surface area contributed by atoms with Gasteiger partial charge in [-0.15, -0.1) is 0 Å². The maximum Gasteiger partial charge on any atom is 0.246 e. The van der Waals surface area contributed by atoms with Crippen LogP contribution in [0.15, 0.2) is 6.07 Å². The van der Waals surface area contributed by atoms with E-state index < -0.39 is 0 Å². The molecule has 1 aromatic rings. The number of amides is 1. The molecule has 1 N–H and O–H groups in total. The van der Waals surface area contributed by atoms with Gasteiger partial charge in [0.05, 0.1) is 11.8 Å². The number of hydrogen-bond donors (Lipinski definition) is 1. The fraction of sp³-hybridized carbons (Fsp3) is 0.750. The van der Waals surface area contributed by atoms with E-state index >= 15 is 0 Å². The van der Waals surface area contributed by atoms with Gasteiger partial charge in [0.2, 0.25) is 5.91 Å². The van der Waals surface area contributed by atoms with Gasteiger partial charge in [0, 0.05) is 25.2 Å². The molecule has 3 atom stereocenters. The topological polar surface area (TPSA) is 58.4 Å². The summed E-state index contributed by atoms with van der Waals surface area (Å²) in [4.78, 5) is 14.3. The summed E-state index contributed by atoms with van der Waals surface area (Å²) < 4.78 is 1.78. The van der Waals surface area contributed by atoms with Crippen molar-refractivity contribution in [2.75, 3.05) is 13.6 Å². The number of aliphatic hydroxyl groups excluding tert-OH is 1. The van der Waals surface area contributed by atoms with Gasteiger partial charge in [0.1, 0.15) is 6.04 Å². The number of aryl methyl sites for hydroxylation is 2. The van der Waals surface area contributed by atoms with Crippen LogP contribution in [0.5, 0.6) is 0 Å². The molecule has 1 saturated carbocycles. The Labute approximate surface area is 126 Å². The summed E-state index contributed by atoms with van der Waals surface area (Å²) >= 11 is 0. The molecule has 118 valence electrons. The molecule has 0 aliphatic heterocycles. The molecule has 1 heterocycles. The monoisotopic (exact) mass is 293 g/mol. The Morgan fingerprint density at radius 3 is 2.71 bits per heavy atom. The summed E-state index contributed by atoms with van der Waals surface area (Å²) in [6, 6.07) is 1.68. The third kappa shape index (κ3) is 3.64. The fourth-order valence-corrected chi connectivity index (χ4v) is 3.30. The normalized spacial score (nSPS) is 23.9. The first-order chi connectivity index (χ1) is 9.90. The molecule has 0 aromatic carbocycles. The van der Waals surface area contributed by atoms with Crippen LogP contribution >= 0.6 is 0 Å². The highest BCUT2D eigenvalue weighted by Crippen LogP contribution is 2.25. The highest BCUT2D eigenvalue weighted by Gasteiger charge is 2.28. The third-order valence-electron chi connectivity index (χ3n) is 4.52. The van der Waals surface area contributed by atoms with Crippen molar-refractivity contribution in [3.05, 3.63) is 17.5 Å². The van der Waals surface area contributed by atoms with Crippen molar-refractivity contribution >= 4 is 5.91 Å². The second-order valence-electron chi connectivity index (χ2n) is 6.38. The van der Waals surface area contributed by atoms with Gasteiger partial charge in [-0.2, -0.15) is 5.10 Å². The predicted octanol–water partition coefficient (Wildman–Crippen LogP) is 2.07. The molecule has 2 rings (SSSR count). The van der Waals surface area contributed by atoms with Gasteiger partial charge in [-0.25, -0.2) is 0 Å². The number of aliphatic hydroxyl groups is 1. The van der Waals surface area contributed by atoms with E-state index in [1.54, 1.807) is 9.58 Å². The van der Waals surface area contributed by atoms with Crippen LogP contribution in [-0.2, 0) is 4.79 Å². The van der Waals surface area contributed by atoms with Crippen molar-refractivity contribution in [1.82, 2.24) is 14.7 Å². The van der Waals surface area contributed by atoms with Crippen LogP contribution in [0.25, 0.3) is 0 Å². The van der Waals surface area contributed by atoms with Crippen LogP contribution in [0.3, 0.4) is 0 Å². The molecule has 1 fully saturated rings. The number of carbonyl (C=O) groups is 1. The molecular weight excluding hydrogens is 266 g/mol. The minimum absolute atomic E-state index is 0.0546. The average molecular weight is 293 g/mol. The Morgan fingerprint density at radius 1 is 1.48 bits per heavy atom. The quantitative estimate of drug-likeness (QED) is 0.924. The Balaban J connectivity index is 1.99. The van der Waals surface area contributed by atoms with E-state index in [1.807, 2.05) is 33.9 Å². The molecule has 1 amide bonds. The van der Waals surface area contributed by atoms with Gasteiger partial charge in [-0.3, -0.25) is 9.48 Å². The zero-order valence-electron chi connectivity index (χ0n) is 13.5. The van der Waals surface area contributed by atoms with Crippen molar-refractivity contribution in [2.24, 2.45) is 5.92 Å². The molecule has 1 aromatic heterocycles. The molecule has 5 nitrogen and oxygen atoms in total. The van der Waals surface area contributed by atoms with E-state index in [4.69, 9.17) is 0 Å². The van der Waals surface area contributed by atoms with E-state index in [1.165, 1.54) is 0 Å². The SMILES string of the molecule is Cc1cc(C)n(C(C)C(=O)N(C)CC2CCCCC2O)n1. The second-order valence-corrected chi connectivity index (χ2v) is 6.38. The molecule has 3 unspecified atom stereocenters. The minimum atomic E-state index is -0.301. The molecule has 1 aliphatic carbocycles. The van der Waals surface area contributed by atoms with E-state index in [0.29, 0.717) is 6.54 Å². The van der Waals surface area contributed by atoms with E-state index in [-0.39, 0.29) is 24.0 Å². The van der Waals surface area contributed by atoms with Crippen molar-refractivity contribution < 1.29 is 9.90 Å². The lowest BCUT2D eigenvalue weighted by Crippen LogP contribution is -2.41. The van der Waals surface area contributed by atoms with Gasteiger partial charge >= 0.3 is 0 Å². The first-order valence-corrected chi connectivity index (χ1v) is 7.86. The molecule has 0 saturated heterocycles. The van der Waals surface area contributed by atoms with Crippen molar-refractivity contribution in [3.63, 3.8) is 0 Å². The van der Waals surface area contributed by atoms with Gasteiger partial charge in [0.25, 0.3) is 0 Å². The molecule has 0 radical (unpaired) electrons. The summed E-state index contributed by atoms with van der Waals surface area (Å²) in [5.74, 6) is 0.263. The fourth-order valence-electron chi connectivity index (χ4n) is 3.30. The van der Waals surface area contributed by atoms with E-state index in [0.717, 1.165) is 37.1 Å². The molecule has 1 aliphatic rings. The number of rotatable bonds is 4. The van der Waals surface area contributed by atoms with Crippen molar-refractivity contribution in [3.8, 4) is 0 Å². The van der Waals surface area contributed by atoms with Gasteiger partial charge in [0.15, 0.2) is 0 Å². The average Bonchev–Trinajstić information content (AvgIpc) is 2.78. The van der Waals surface area contributed by atoms with Crippen LogP contribution in [0.1, 0.15) is 50.0 Å². The van der Waals surface area contributed by atoms with Crippen LogP contribution in [-0.4, -0.2) is 45.4 Å². The highest BCUT2D eigenvalue weighted by atomic mass is 16.3. The number of nitrogens with zero attached hydrogens (tertiary/aromatic N) is 3. The number of likely N-dealkylation sites (N-methyl/N-ethyl adjacent to an activating group) is 1. The van der Waals surface area contributed by atoms with E-state index in [2.05, 4.69) is 5.10 Å². The summed E-state index contributed by atoms with van der Waals surface area (Å²) in [6.45, 7) is 6.41. The molecule has 5 heteroatoms. The summed E-state index contributed by atoms with van der Waals surface area (Å²) in [5, 5.41) is 14.4. The van der Waals surface area contributed by atoms with Crippen LogP contribution in [0.4, 0.5) is 0 Å². The Morgan fingerprint density at radius 2 is 2.14 bits per heavy atom. The van der Waals surface area contributed by atoms with Crippen LogP contribution < -0.4 is 0 Å². The molecule has 21 heavy (non-hydrogen) atoms. The van der Waals surface area contributed by atoms with Crippen LogP contribution in [0.2, 0.25) is 0 Å². The maximum absolute atomic E-state index is 12.6.